The van der Waals surface area contributed by atoms with Crippen molar-refractivity contribution in [1.29, 1.82) is 0 Å². The lowest BCUT2D eigenvalue weighted by atomic mass is 9.76. The summed E-state index contributed by atoms with van der Waals surface area (Å²) in [5.74, 6) is 0. The summed E-state index contributed by atoms with van der Waals surface area (Å²) in [6.45, 7) is 6.43. The lowest BCUT2D eigenvalue weighted by Gasteiger charge is -2.36. The van der Waals surface area contributed by atoms with Crippen LogP contribution >= 0.6 is 0 Å². The average Bonchev–Trinajstić information content (AvgIpc) is 2.30. The Labute approximate surface area is 93.1 Å². The molecule has 2 N–H and O–H groups in total. The summed E-state index contributed by atoms with van der Waals surface area (Å²) in [6, 6.07) is 0. The van der Waals surface area contributed by atoms with Gasteiger partial charge in [0.15, 0.2) is 0 Å². The van der Waals surface area contributed by atoms with E-state index in [-0.39, 0.29) is 12.0 Å². The van der Waals surface area contributed by atoms with Crippen LogP contribution in [-0.2, 0) is 0 Å². The standard InChI is InChI=1S/C13H23NO/c1-3-6-12(4-2)9-13(11-15)7-5-8-14-10-13/h3-4,6,14-15H,5,7-11H2,1-2H3/b6-3-,12-4+. The van der Waals surface area contributed by atoms with Gasteiger partial charge in [0.2, 0.25) is 0 Å². The lowest BCUT2D eigenvalue weighted by molar-refractivity contribution is 0.0955. The maximum atomic E-state index is 9.56. The van der Waals surface area contributed by atoms with E-state index in [1.54, 1.807) is 0 Å². The minimum Gasteiger partial charge on any atom is -0.396 e. The number of piperidine rings is 1. The molecule has 1 fully saturated rings. The van der Waals surface area contributed by atoms with E-state index in [2.05, 4.69) is 30.5 Å². The Hall–Kier alpha value is -0.600. The van der Waals surface area contributed by atoms with Gasteiger partial charge in [-0.2, -0.15) is 0 Å². The molecule has 1 atom stereocenters. The minimum atomic E-state index is 0.0691. The molecule has 0 radical (unpaired) electrons. The lowest BCUT2D eigenvalue weighted by Crippen LogP contribution is -2.42. The maximum Gasteiger partial charge on any atom is 0.0502 e. The SMILES string of the molecule is C/C=C\C(=C/C)CC1(CO)CCCNC1. The molecule has 1 aliphatic heterocycles. The van der Waals surface area contributed by atoms with Crippen LogP contribution in [0.4, 0.5) is 0 Å². The molecule has 0 spiro atoms. The summed E-state index contributed by atoms with van der Waals surface area (Å²) < 4.78 is 0. The van der Waals surface area contributed by atoms with E-state index in [0.717, 1.165) is 25.9 Å². The Bertz CT molecular complexity index is 237. The van der Waals surface area contributed by atoms with Gasteiger partial charge >= 0.3 is 0 Å². The summed E-state index contributed by atoms with van der Waals surface area (Å²) in [6.07, 6.45) is 9.64. The van der Waals surface area contributed by atoms with E-state index in [0.29, 0.717) is 0 Å². The quantitative estimate of drug-likeness (QED) is 0.696. The third kappa shape index (κ3) is 3.47. The van der Waals surface area contributed by atoms with E-state index in [9.17, 15) is 5.11 Å². The van der Waals surface area contributed by atoms with Crippen molar-refractivity contribution in [2.24, 2.45) is 5.41 Å². The Morgan fingerprint density at radius 2 is 2.27 bits per heavy atom. The van der Waals surface area contributed by atoms with Crippen molar-refractivity contribution in [1.82, 2.24) is 5.32 Å². The molecule has 1 rings (SSSR count). The molecule has 2 heteroatoms. The fourth-order valence-electron chi connectivity index (χ4n) is 2.28. The monoisotopic (exact) mass is 209 g/mol. The average molecular weight is 209 g/mol. The Morgan fingerprint density at radius 3 is 2.73 bits per heavy atom. The van der Waals surface area contributed by atoms with Crippen molar-refractivity contribution in [3.8, 4) is 0 Å². The van der Waals surface area contributed by atoms with Gasteiger partial charge in [-0.1, -0.05) is 23.8 Å². The fraction of sp³-hybridized carbons (Fsp3) is 0.692. The van der Waals surface area contributed by atoms with Crippen molar-refractivity contribution in [3.05, 3.63) is 23.8 Å². The van der Waals surface area contributed by atoms with Crippen molar-refractivity contribution >= 4 is 0 Å². The summed E-state index contributed by atoms with van der Waals surface area (Å²) in [5.41, 5.74) is 1.40. The maximum absolute atomic E-state index is 9.56. The predicted octanol–water partition coefficient (Wildman–Crippen LogP) is 2.26. The second-order valence-electron chi connectivity index (χ2n) is 4.48. The highest BCUT2D eigenvalue weighted by Gasteiger charge is 2.31. The first-order chi connectivity index (χ1) is 7.26. The largest absolute Gasteiger partial charge is 0.396 e. The minimum absolute atomic E-state index is 0.0691. The zero-order valence-electron chi connectivity index (χ0n) is 9.92. The van der Waals surface area contributed by atoms with Crippen LogP contribution in [0.15, 0.2) is 23.8 Å². The van der Waals surface area contributed by atoms with Crippen molar-refractivity contribution in [2.75, 3.05) is 19.7 Å². The van der Waals surface area contributed by atoms with E-state index in [4.69, 9.17) is 0 Å². The Morgan fingerprint density at radius 1 is 1.47 bits per heavy atom. The van der Waals surface area contributed by atoms with Crippen molar-refractivity contribution in [2.45, 2.75) is 33.1 Å². The second kappa shape index (κ2) is 6.09. The van der Waals surface area contributed by atoms with Crippen molar-refractivity contribution in [3.63, 3.8) is 0 Å². The van der Waals surface area contributed by atoms with Gasteiger partial charge in [-0.25, -0.2) is 0 Å². The third-order valence-electron chi connectivity index (χ3n) is 3.23. The van der Waals surface area contributed by atoms with Gasteiger partial charge in [-0.05, 0) is 39.7 Å². The Balaban J connectivity index is 2.65. The second-order valence-corrected chi connectivity index (χ2v) is 4.48. The van der Waals surface area contributed by atoms with Gasteiger partial charge in [0.25, 0.3) is 0 Å². The van der Waals surface area contributed by atoms with Crippen LogP contribution in [0.1, 0.15) is 33.1 Å². The highest BCUT2D eigenvalue weighted by Crippen LogP contribution is 2.33. The molecule has 0 aromatic carbocycles. The van der Waals surface area contributed by atoms with Gasteiger partial charge in [0.1, 0.15) is 0 Å². The van der Waals surface area contributed by atoms with Gasteiger partial charge in [-0.15, -0.1) is 0 Å². The van der Waals surface area contributed by atoms with Crippen LogP contribution in [0.2, 0.25) is 0 Å². The molecular weight excluding hydrogens is 186 g/mol. The molecule has 0 bridgehead atoms. The summed E-state index contributed by atoms with van der Waals surface area (Å²) in [7, 11) is 0. The first kappa shape index (κ1) is 12.5. The van der Waals surface area contributed by atoms with Crippen LogP contribution in [0.3, 0.4) is 0 Å². The number of hydrogen-bond donors (Lipinski definition) is 2. The highest BCUT2D eigenvalue weighted by molar-refractivity contribution is 5.19. The number of aliphatic hydroxyl groups is 1. The highest BCUT2D eigenvalue weighted by atomic mass is 16.3. The topological polar surface area (TPSA) is 32.3 Å². The normalized spacial score (nSPS) is 28.6. The van der Waals surface area contributed by atoms with Crippen LogP contribution in [0.25, 0.3) is 0 Å². The molecule has 0 aromatic rings. The molecule has 0 aliphatic carbocycles. The molecule has 0 aromatic heterocycles. The number of hydrogen-bond acceptors (Lipinski definition) is 2. The molecule has 0 amide bonds. The summed E-state index contributed by atoms with van der Waals surface area (Å²) >= 11 is 0. The third-order valence-corrected chi connectivity index (χ3v) is 3.23. The molecule has 2 nitrogen and oxygen atoms in total. The fourth-order valence-corrected chi connectivity index (χ4v) is 2.28. The van der Waals surface area contributed by atoms with E-state index < -0.39 is 0 Å². The molecule has 1 aliphatic rings. The van der Waals surface area contributed by atoms with Crippen LogP contribution in [0.5, 0.6) is 0 Å². The molecule has 86 valence electrons. The Kier molecular flexibility index (Phi) is 5.06. The molecule has 1 heterocycles. The van der Waals surface area contributed by atoms with E-state index in [1.807, 2.05) is 6.92 Å². The van der Waals surface area contributed by atoms with Crippen LogP contribution in [-0.4, -0.2) is 24.8 Å². The van der Waals surface area contributed by atoms with Gasteiger partial charge in [-0.3, -0.25) is 0 Å². The predicted molar refractivity (Wildman–Crippen MR) is 64.8 cm³/mol. The first-order valence-electron chi connectivity index (χ1n) is 5.86. The van der Waals surface area contributed by atoms with Gasteiger partial charge in [0.05, 0.1) is 6.61 Å². The number of allylic oxidation sites excluding steroid dienone is 4. The molecule has 1 unspecified atom stereocenters. The van der Waals surface area contributed by atoms with Gasteiger partial charge in [0, 0.05) is 12.0 Å². The van der Waals surface area contributed by atoms with E-state index >= 15 is 0 Å². The molecule has 1 saturated heterocycles. The number of aliphatic hydroxyl groups excluding tert-OH is 1. The van der Waals surface area contributed by atoms with Crippen LogP contribution < -0.4 is 5.32 Å². The smallest absolute Gasteiger partial charge is 0.0502 e. The number of rotatable bonds is 4. The van der Waals surface area contributed by atoms with Crippen LogP contribution in [0, 0.1) is 5.41 Å². The first-order valence-corrected chi connectivity index (χ1v) is 5.86. The summed E-state index contributed by atoms with van der Waals surface area (Å²) in [4.78, 5) is 0. The zero-order valence-corrected chi connectivity index (χ0v) is 9.92. The zero-order chi connectivity index (χ0) is 11.1. The summed E-state index contributed by atoms with van der Waals surface area (Å²) in [5, 5.41) is 12.9. The number of nitrogens with one attached hydrogen (secondary N) is 1. The molecular formula is C13H23NO. The van der Waals surface area contributed by atoms with Crippen molar-refractivity contribution < 1.29 is 5.11 Å². The molecule has 0 saturated carbocycles. The molecule has 15 heavy (non-hydrogen) atoms. The van der Waals surface area contributed by atoms with E-state index in [1.165, 1.54) is 12.0 Å². The van der Waals surface area contributed by atoms with Gasteiger partial charge < -0.3 is 10.4 Å².